The molecule has 0 aromatic heterocycles. The fourth-order valence-corrected chi connectivity index (χ4v) is 2.37. The highest BCUT2D eigenvalue weighted by atomic mass is 19.1. The van der Waals surface area contributed by atoms with E-state index in [2.05, 4.69) is 10.6 Å². The molecule has 1 aliphatic heterocycles. The Balaban J connectivity index is 1.71. The van der Waals surface area contributed by atoms with Crippen molar-refractivity contribution in [3.8, 4) is 0 Å². The molecule has 1 unspecified atom stereocenters. The van der Waals surface area contributed by atoms with Gasteiger partial charge in [-0.25, -0.2) is 9.18 Å². The third kappa shape index (κ3) is 2.96. The number of carbonyl (C=O) groups is 3. The van der Waals surface area contributed by atoms with Crippen molar-refractivity contribution in [3.63, 3.8) is 0 Å². The molecule has 0 aliphatic carbocycles. The van der Waals surface area contributed by atoms with Crippen molar-refractivity contribution in [2.24, 2.45) is 0 Å². The molecule has 0 bridgehead atoms. The highest BCUT2D eigenvalue weighted by Crippen LogP contribution is 2.22. The fourth-order valence-electron chi connectivity index (χ4n) is 2.37. The molecule has 0 spiro atoms. The summed E-state index contributed by atoms with van der Waals surface area (Å²) in [6.45, 7) is 0. The van der Waals surface area contributed by atoms with Crippen LogP contribution in [0.15, 0.2) is 48.5 Å². The van der Waals surface area contributed by atoms with E-state index < -0.39 is 17.9 Å². The number of hydrogen-bond acceptors (Lipinski definition) is 3. The SMILES string of the molecule is CN1C(=O)NC(c2ccc(NC(=O)c3ccc(F)cc3)cc2)C1=O. The van der Waals surface area contributed by atoms with E-state index in [1.54, 1.807) is 24.3 Å². The highest BCUT2D eigenvalue weighted by molar-refractivity contribution is 6.05. The number of nitrogens with one attached hydrogen (secondary N) is 2. The smallest absolute Gasteiger partial charge is 0.322 e. The minimum absolute atomic E-state index is 0.330. The Kier molecular flexibility index (Phi) is 3.99. The van der Waals surface area contributed by atoms with Gasteiger partial charge in [-0.05, 0) is 42.0 Å². The lowest BCUT2D eigenvalue weighted by Crippen LogP contribution is -2.25. The van der Waals surface area contributed by atoms with Crippen molar-refractivity contribution in [1.29, 1.82) is 0 Å². The van der Waals surface area contributed by atoms with E-state index in [1.807, 2.05) is 0 Å². The van der Waals surface area contributed by atoms with Gasteiger partial charge in [-0.15, -0.1) is 0 Å². The quantitative estimate of drug-likeness (QED) is 0.849. The highest BCUT2D eigenvalue weighted by Gasteiger charge is 2.36. The van der Waals surface area contributed by atoms with Gasteiger partial charge < -0.3 is 10.6 Å². The molecule has 1 saturated heterocycles. The number of anilines is 1. The van der Waals surface area contributed by atoms with Crippen LogP contribution < -0.4 is 10.6 Å². The third-order valence-electron chi connectivity index (χ3n) is 3.76. The summed E-state index contributed by atoms with van der Waals surface area (Å²) in [6, 6.07) is 10.6. The van der Waals surface area contributed by atoms with Gasteiger partial charge in [0.1, 0.15) is 11.9 Å². The maximum atomic E-state index is 12.9. The average molecular weight is 327 g/mol. The number of halogens is 1. The molecule has 2 N–H and O–H groups in total. The molecule has 7 heteroatoms. The maximum absolute atomic E-state index is 12.9. The molecule has 2 aromatic carbocycles. The monoisotopic (exact) mass is 327 g/mol. The lowest BCUT2D eigenvalue weighted by molar-refractivity contribution is -0.126. The van der Waals surface area contributed by atoms with Gasteiger partial charge >= 0.3 is 6.03 Å². The van der Waals surface area contributed by atoms with Gasteiger partial charge in [0.05, 0.1) is 0 Å². The van der Waals surface area contributed by atoms with Crippen LogP contribution in [0.1, 0.15) is 22.0 Å². The van der Waals surface area contributed by atoms with Crippen molar-refractivity contribution >= 4 is 23.5 Å². The van der Waals surface area contributed by atoms with Gasteiger partial charge in [0, 0.05) is 18.3 Å². The van der Waals surface area contributed by atoms with Crippen LogP contribution in [0.2, 0.25) is 0 Å². The van der Waals surface area contributed by atoms with Crippen LogP contribution in [-0.2, 0) is 4.79 Å². The van der Waals surface area contributed by atoms with E-state index in [4.69, 9.17) is 0 Å². The van der Waals surface area contributed by atoms with Gasteiger partial charge in [-0.3, -0.25) is 14.5 Å². The second-order valence-electron chi connectivity index (χ2n) is 5.36. The summed E-state index contributed by atoms with van der Waals surface area (Å²) in [6.07, 6.45) is 0. The molecule has 1 fully saturated rings. The number of amides is 4. The van der Waals surface area contributed by atoms with Crippen LogP contribution in [0.5, 0.6) is 0 Å². The Morgan fingerprint density at radius 1 is 1.08 bits per heavy atom. The van der Waals surface area contributed by atoms with Crippen LogP contribution in [0.4, 0.5) is 14.9 Å². The Morgan fingerprint density at radius 2 is 1.71 bits per heavy atom. The van der Waals surface area contributed by atoms with Gasteiger partial charge in [0.25, 0.3) is 11.8 Å². The first-order valence-electron chi connectivity index (χ1n) is 7.20. The van der Waals surface area contributed by atoms with Crippen LogP contribution in [-0.4, -0.2) is 29.8 Å². The van der Waals surface area contributed by atoms with Crippen molar-refractivity contribution in [2.45, 2.75) is 6.04 Å². The number of imide groups is 1. The first kappa shape index (κ1) is 15.7. The number of urea groups is 1. The van der Waals surface area contributed by atoms with Crippen molar-refractivity contribution in [2.75, 3.05) is 12.4 Å². The number of hydrogen-bond donors (Lipinski definition) is 2. The maximum Gasteiger partial charge on any atom is 0.324 e. The Hall–Kier alpha value is -3.22. The van der Waals surface area contributed by atoms with Gasteiger partial charge in [0.2, 0.25) is 0 Å². The van der Waals surface area contributed by atoms with E-state index >= 15 is 0 Å². The Bertz CT molecular complexity index is 803. The second-order valence-corrected chi connectivity index (χ2v) is 5.36. The molecular weight excluding hydrogens is 313 g/mol. The first-order valence-corrected chi connectivity index (χ1v) is 7.20. The predicted molar refractivity (Wildman–Crippen MR) is 84.8 cm³/mol. The number of rotatable bonds is 3. The molecule has 1 aliphatic rings. The lowest BCUT2D eigenvalue weighted by Gasteiger charge is -2.10. The normalized spacial score (nSPS) is 16.9. The summed E-state index contributed by atoms with van der Waals surface area (Å²) in [5.74, 6) is -1.11. The summed E-state index contributed by atoms with van der Waals surface area (Å²) < 4.78 is 12.9. The molecule has 0 saturated carbocycles. The molecule has 122 valence electrons. The standard InChI is InChI=1S/C17H14FN3O3/c1-21-16(23)14(20-17(21)24)10-4-8-13(9-5-10)19-15(22)11-2-6-12(18)7-3-11/h2-9,14H,1H3,(H,19,22)(H,20,24). The zero-order valence-corrected chi connectivity index (χ0v) is 12.7. The largest absolute Gasteiger partial charge is 0.324 e. The number of benzene rings is 2. The zero-order valence-electron chi connectivity index (χ0n) is 12.7. The van der Waals surface area contributed by atoms with Crippen LogP contribution in [0, 0.1) is 5.82 Å². The number of nitrogens with zero attached hydrogens (tertiary/aromatic N) is 1. The fraction of sp³-hybridized carbons (Fsp3) is 0.118. The molecular formula is C17H14FN3O3. The molecule has 2 aromatic rings. The number of likely N-dealkylation sites (N-methyl/N-ethyl adjacent to an activating group) is 1. The molecule has 3 rings (SSSR count). The second kappa shape index (κ2) is 6.11. The predicted octanol–water partition coefficient (Wildman–Crippen LogP) is 2.30. The third-order valence-corrected chi connectivity index (χ3v) is 3.76. The lowest BCUT2D eigenvalue weighted by atomic mass is 10.1. The first-order chi connectivity index (χ1) is 11.5. The van der Waals surface area contributed by atoms with Crippen LogP contribution in [0.25, 0.3) is 0 Å². The van der Waals surface area contributed by atoms with E-state index in [1.165, 1.54) is 31.3 Å². The minimum atomic E-state index is -0.718. The van der Waals surface area contributed by atoms with E-state index in [0.29, 0.717) is 16.8 Å². The molecule has 4 amide bonds. The van der Waals surface area contributed by atoms with Crippen molar-refractivity contribution in [1.82, 2.24) is 10.2 Å². The molecule has 24 heavy (non-hydrogen) atoms. The summed E-state index contributed by atoms with van der Waals surface area (Å²) >= 11 is 0. The van der Waals surface area contributed by atoms with Crippen molar-refractivity contribution in [3.05, 3.63) is 65.5 Å². The average Bonchev–Trinajstić information content (AvgIpc) is 2.84. The Morgan fingerprint density at radius 3 is 2.25 bits per heavy atom. The minimum Gasteiger partial charge on any atom is -0.322 e. The van der Waals surface area contributed by atoms with Crippen molar-refractivity contribution < 1.29 is 18.8 Å². The van der Waals surface area contributed by atoms with E-state index in [-0.39, 0.29) is 11.8 Å². The van der Waals surface area contributed by atoms with Crippen LogP contribution in [0.3, 0.4) is 0 Å². The Labute approximate surface area is 137 Å². The number of carbonyl (C=O) groups excluding carboxylic acids is 3. The van der Waals surface area contributed by atoms with Gasteiger partial charge in [0.15, 0.2) is 0 Å². The topological polar surface area (TPSA) is 78.5 Å². The molecule has 1 heterocycles. The van der Waals surface area contributed by atoms with E-state index in [0.717, 1.165) is 4.90 Å². The van der Waals surface area contributed by atoms with Gasteiger partial charge in [-0.2, -0.15) is 0 Å². The van der Waals surface area contributed by atoms with E-state index in [9.17, 15) is 18.8 Å². The van der Waals surface area contributed by atoms with Crippen LogP contribution >= 0.6 is 0 Å². The summed E-state index contributed by atoms with van der Waals surface area (Å²) in [7, 11) is 1.41. The molecule has 1 atom stereocenters. The zero-order chi connectivity index (χ0) is 17.3. The van der Waals surface area contributed by atoms with Gasteiger partial charge in [-0.1, -0.05) is 12.1 Å². The molecule has 6 nitrogen and oxygen atoms in total. The summed E-state index contributed by atoms with van der Waals surface area (Å²) in [5.41, 5.74) is 1.48. The summed E-state index contributed by atoms with van der Waals surface area (Å²) in [5, 5.41) is 5.26. The molecule has 0 radical (unpaired) electrons. The summed E-state index contributed by atoms with van der Waals surface area (Å²) in [4.78, 5) is 36.5.